The molecule has 1 aliphatic rings. The summed E-state index contributed by atoms with van der Waals surface area (Å²) in [5.41, 5.74) is 0.714. The number of hydrogen-bond acceptors (Lipinski definition) is 3. The fraction of sp³-hybridized carbons (Fsp3) is 0.545. The minimum Gasteiger partial charge on any atom is -0.381 e. The Kier molecular flexibility index (Phi) is 2.77. The predicted octanol–water partition coefficient (Wildman–Crippen LogP) is 1.24. The number of hydrogen-bond donors (Lipinski definition) is 1. The fourth-order valence-corrected chi connectivity index (χ4v) is 1.80. The Morgan fingerprint density at radius 3 is 3.07 bits per heavy atom. The van der Waals surface area contributed by atoms with Crippen molar-refractivity contribution in [3.05, 3.63) is 28.7 Å². The Hall–Kier alpha value is -1.29. The minimum atomic E-state index is 0.0453. The van der Waals surface area contributed by atoms with Crippen LogP contribution in [0.3, 0.4) is 0 Å². The number of pyridine rings is 1. The molecule has 1 aliphatic carbocycles. The number of nitrogens with one attached hydrogen (secondary N) is 1. The van der Waals surface area contributed by atoms with E-state index in [9.17, 15) is 4.79 Å². The summed E-state index contributed by atoms with van der Waals surface area (Å²) in [5.74, 6) is 0. The first-order chi connectivity index (χ1) is 7.27. The lowest BCUT2D eigenvalue weighted by Gasteiger charge is -2.07. The van der Waals surface area contributed by atoms with Crippen molar-refractivity contribution in [2.45, 2.75) is 25.5 Å². The first kappa shape index (κ1) is 10.2. The van der Waals surface area contributed by atoms with Gasteiger partial charge in [0.15, 0.2) is 0 Å². The third-order valence-corrected chi connectivity index (χ3v) is 2.70. The van der Waals surface area contributed by atoms with Gasteiger partial charge in [0, 0.05) is 19.9 Å². The van der Waals surface area contributed by atoms with Gasteiger partial charge in [0.25, 0.3) is 5.56 Å². The van der Waals surface area contributed by atoms with E-state index < -0.39 is 0 Å². The molecule has 0 saturated heterocycles. The van der Waals surface area contributed by atoms with Crippen molar-refractivity contribution in [1.82, 2.24) is 4.57 Å². The lowest BCUT2D eigenvalue weighted by Crippen LogP contribution is -2.23. The Bertz CT molecular complexity index is 400. The topological polar surface area (TPSA) is 43.3 Å². The molecule has 0 radical (unpaired) electrons. The van der Waals surface area contributed by atoms with Gasteiger partial charge < -0.3 is 14.6 Å². The highest BCUT2D eigenvalue weighted by Gasteiger charge is 2.39. The molecule has 1 N–H and O–H groups in total. The van der Waals surface area contributed by atoms with Crippen molar-refractivity contribution in [2.75, 3.05) is 19.0 Å². The molecule has 4 heteroatoms. The smallest absolute Gasteiger partial charge is 0.274 e. The minimum absolute atomic E-state index is 0.0453. The number of anilines is 1. The maximum atomic E-state index is 11.9. The first-order valence-corrected chi connectivity index (χ1v) is 5.25. The van der Waals surface area contributed by atoms with Crippen LogP contribution in [0.1, 0.15) is 19.4 Å². The number of ether oxygens (including phenoxy) is 1. The summed E-state index contributed by atoms with van der Waals surface area (Å²) in [6, 6.07) is 3.93. The third kappa shape index (κ3) is 1.90. The molecule has 1 aromatic heterocycles. The summed E-state index contributed by atoms with van der Waals surface area (Å²) in [4.78, 5) is 11.9. The van der Waals surface area contributed by atoms with Crippen LogP contribution < -0.4 is 10.9 Å². The molecule has 0 aromatic carbocycles. The lowest BCUT2D eigenvalue weighted by molar-refractivity contribution is 0.169. The molecule has 82 valence electrons. The summed E-state index contributed by atoms with van der Waals surface area (Å²) >= 11 is 0. The van der Waals surface area contributed by atoms with Crippen LogP contribution >= 0.6 is 0 Å². The molecule has 2 rings (SSSR count). The monoisotopic (exact) mass is 208 g/mol. The highest BCUT2D eigenvalue weighted by atomic mass is 16.5. The van der Waals surface area contributed by atoms with Gasteiger partial charge >= 0.3 is 0 Å². The van der Waals surface area contributed by atoms with Gasteiger partial charge in [0.2, 0.25) is 0 Å². The molecular weight excluding hydrogens is 192 g/mol. The zero-order valence-corrected chi connectivity index (χ0v) is 9.06. The SMILES string of the molecule is CCNc1cccn([C@H]2C[C@@H]2OC)c1=O. The van der Waals surface area contributed by atoms with Crippen molar-refractivity contribution in [3.8, 4) is 0 Å². The molecule has 2 atom stereocenters. The number of aromatic nitrogens is 1. The van der Waals surface area contributed by atoms with Crippen LogP contribution in [0, 0.1) is 0 Å². The van der Waals surface area contributed by atoms with E-state index in [4.69, 9.17) is 4.74 Å². The Balaban J connectivity index is 2.25. The Morgan fingerprint density at radius 1 is 1.67 bits per heavy atom. The largest absolute Gasteiger partial charge is 0.381 e. The standard InChI is InChI=1S/C11H16N2O2/c1-3-12-8-5-4-6-13(11(8)14)9-7-10(9)15-2/h4-6,9-10,12H,3,7H2,1-2H3/t9-,10-/m0/s1. The van der Waals surface area contributed by atoms with Crippen molar-refractivity contribution in [1.29, 1.82) is 0 Å². The van der Waals surface area contributed by atoms with Crippen LogP contribution in [0.25, 0.3) is 0 Å². The third-order valence-electron chi connectivity index (χ3n) is 2.70. The van der Waals surface area contributed by atoms with Crippen LogP contribution in [0.5, 0.6) is 0 Å². The zero-order valence-electron chi connectivity index (χ0n) is 9.06. The highest BCUT2D eigenvalue weighted by Crippen LogP contribution is 2.37. The summed E-state index contributed by atoms with van der Waals surface area (Å²) in [7, 11) is 1.68. The van der Waals surface area contributed by atoms with E-state index >= 15 is 0 Å². The number of rotatable bonds is 4. The van der Waals surface area contributed by atoms with E-state index in [2.05, 4.69) is 5.32 Å². The van der Waals surface area contributed by atoms with Gasteiger partial charge in [-0.25, -0.2) is 0 Å². The highest BCUT2D eigenvalue weighted by molar-refractivity contribution is 5.40. The van der Waals surface area contributed by atoms with Gasteiger partial charge in [0.05, 0.1) is 12.1 Å². The molecular formula is C11H16N2O2. The molecule has 1 aromatic rings. The van der Waals surface area contributed by atoms with E-state index in [1.54, 1.807) is 11.7 Å². The second kappa shape index (κ2) is 4.06. The van der Waals surface area contributed by atoms with Gasteiger partial charge in [-0.3, -0.25) is 4.79 Å². The van der Waals surface area contributed by atoms with Crippen molar-refractivity contribution >= 4 is 5.69 Å². The van der Waals surface area contributed by atoms with Gasteiger partial charge in [-0.2, -0.15) is 0 Å². The second-order valence-electron chi connectivity index (χ2n) is 3.74. The molecule has 0 amide bonds. The normalized spacial score (nSPS) is 23.9. The van der Waals surface area contributed by atoms with Crippen molar-refractivity contribution < 1.29 is 4.74 Å². The number of methoxy groups -OCH3 is 1. The lowest BCUT2D eigenvalue weighted by atomic mass is 10.4. The molecule has 4 nitrogen and oxygen atoms in total. The molecule has 1 saturated carbocycles. The maximum Gasteiger partial charge on any atom is 0.274 e. The molecule has 0 unspecified atom stereocenters. The number of nitrogens with zero attached hydrogens (tertiary/aromatic N) is 1. The average molecular weight is 208 g/mol. The van der Waals surface area contributed by atoms with Crippen LogP contribution in [-0.4, -0.2) is 24.3 Å². The van der Waals surface area contributed by atoms with E-state index in [0.29, 0.717) is 5.69 Å². The van der Waals surface area contributed by atoms with E-state index in [1.165, 1.54) is 0 Å². The van der Waals surface area contributed by atoms with Gasteiger partial charge in [-0.05, 0) is 25.5 Å². The second-order valence-corrected chi connectivity index (χ2v) is 3.74. The average Bonchev–Trinajstić information content (AvgIpc) is 3.00. The molecule has 15 heavy (non-hydrogen) atoms. The Labute approximate surface area is 88.9 Å². The summed E-state index contributed by atoms with van der Waals surface area (Å²) in [5, 5.41) is 3.06. The van der Waals surface area contributed by atoms with Crippen LogP contribution in [0.15, 0.2) is 23.1 Å². The van der Waals surface area contributed by atoms with E-state index in [1.807, 2.05) is 25.3 Å². The first-order valence-electron chi connectivity index (χ1n) is 5.25. The Morgan fingerprint density at radius 2 is 2.47 bits per heavy atom. The summed E-state index contributed by atoms with van der Waals surface area (Å²) in [6.07, 6.45) is 2.97. The van der Waals surface area contributed by atoms with Crippen molar-refractivity contribution in [3.63, 3.8) is 0 Å². The fourth-order valence-electron chi connectivity index (χ4n) is 1.80. The predicted molar refractivity (Wildman–Crippen MR) is 59.3 cm³/mol. The van der Waals surface area contributed by atoms with E-state index in [-0.39, 0.29) is 17.7 Å². The van der Waals surface area contributed by atoms with Gasteiger partial charge in [-0.15, -0.1) is 0 Å². The quantitative estimate of drug-likeness (QED) is 0.809. The molecule has 0 aliphatic heterocycles. The molecule has 1 heterocycles. The zero-order chi connectivity index (χ0) is 10.8. The maximum absolute atomic E-state index is 11.9. The van der Waals surface area contributed by atoms with Crippen LogP contribution in [-0.2, 0) is 4.74 Å². The van der Waals surface area contributed by atoms with Crippen molar-refractivity contribution in [2.24, 2.45) is 0 Å². The van der Waals surface area contributed by atoms with Crippen LogP contribution in [0.2, 0.25) is 0 Å². The molecule has 0 spiro atoms. The van der Waals surface area contributed by atoms with Gasteiger partial charge in [-0.1, -0.05) is 0 Å². The molecule has 0 bridgehead atoms. The van der Waals surface area contributed by atoms with Gasteiger partial charge in [0.1, 0.15) is 5.69 Å². The molecule has 1 fully saturated rings. The summed E-state index contributed by atoms with van der Waals surface area (Å²) < 4.78 is 6.96. The van der Waals surface area contributed by atoms with E-state index in [0.717, 1.165) is 13.0 Å². The summed E-state index contributed by atoms with van der Waals surface area (Å²) in [6.45, 7) is 2.74. The van der Waals surface area contributed by atoms with Crippen LogP contribution in [0.4, 0.5) is 5.69 Å².